The number of hydrogen-bond donors (Lipinski definition) is 2. The van der Waals surface area contributed by atoms with E-state index in [4.69, 9.17) is 5.73 Å². The number of hydrogen-bond acceptors (Lipinski definition) is 2. The molecule has 0 bridgehead atoms. The van der Waals surface area contributed by atoms with Crippen molar-refractivity contribution in [3.63, 3.8) is 0 Å². The van der Waals surface area contributed by atoms with Gasteiger partial charge in [-0.15, -0.1) is 0 Å². The predicted octanol–water partition coefficient (Wildman–Crippen LogP) is 1.67. The van der Waals surface area contributed by atoms with Crippen LogP contribution in [0.2, 0.25) is 0 Å². The normalized spacial score (nSPS) is 19.8. The third kappa shape index (κ3) is 2.82. The Bertz CT molecular complexity index is 431. The predicted molar refractivity (Wildman–Crippen MR) is 63.9 cm³/mol. The fourth-order valence-corrected chi connectivity index (χ4v) is 2.28. The van der Waals surface area contributed by atoms with Gasteiger partial charge in [-0.05, 0) is 43.0 Å². The quantitative estimate of drug-likeness (QED) is 0.838. The second kappa shape index (κ2) is 4.84. The molecule has 4 heteroatoms. The number of carbonyl (C=O) groups is 1. The molecule has 3 nitrogen and oxygen atoms in total. The van der Waals surface area contributed by atoms with Crippen molar-refractivity contribution in [1.82, 2.24) is 5.32 Å². The van der Waals surface area contributed by atoms with Crippen molar-refractivity contribution in [2.75, 3.05) is 0 Å². The van der Waals surface area contributed by atoms with Crippen molar-refractivity contribution in [2.24, 2.45) is 5.73 Å². The van der Waals surface area contributed by atoms with Crippen molar-refractivity contribution >= 4 is 5.91 Å². The fourth-order valence-electron chi connectivity index (χ4n) is 2.28. The number of fused-ring (bicyclic) bond motifs is 1. The SMILES string of the molecule is CC(N)CC(=O)NC1CCc2cc(F)ccc21. The smallest absolute Gasteiger partial charge is 0.222 e. The van der Waals surface area contributed by atoms with Gasteiger partial charge in [0.25, 0.3) is 0 Å². The Morgan fingerprint density at radius 2 is 2.41 bits per heavy atom. The highest BCUT2D eigenvalue weighted by Gasteiger charge is 2.24. The molecule has 2 rings (SSSR count). The van der Waals surface area contributed by atoms with Crippen molar-refractivity contribution < 1.29 is 9.18 Å². The Kier molecular flexibility index (Phi) is 3.43. The van der Waals surface area contributed by atoms with Gasteiger partial charge in [0, 0.05) is 12.5 Å². The zero-order valence-corrected chi connectivity index (χ0v) is 9.87. The summed E-state index contributed by atoms with van der Waals surface area (Å²) in [5.74, 6) is -0.256. The summed E-state index contributed by atoms with van der Waals surface area (Å²) < 4.78 is 13.0. The van der Waals surface area contributed by atoms with E-state index in [-0.39, 0.29) is 23.8 Å². The first kappa shape index (κ1) is 12.0. The lowest BCUT2D eigenvalue weighted by Gasteiger charge is -2.15. The van der Waals surface area contributed by atoms with E-state index < -0.39 is 0 Å². The summed E-state index contributed by atoms with van der Waals surface area (Å²) in [6, 6.07) is 4.62. The van der Waals surface area contributed by atoms with E-state index in [9.17, 15) is 9.18 Å². The second-order valence-electron chi connectivity index (χ2n) is 4.68. The molecule has 0 spiro atoms. The molecule has 1 aliphatic carbocycles. The zero-order chi connectivity index (χ0) is 12.4. The number of nitrogens with one attached hydrogen (secondary N) is 1. The molecule has 1 aromatic rings. The van der Waals surface area contributed by atoms with Crippen LogP contribution in [-0.4, -0.2) is 11.9 Å². The van der Waals surface area contributed by atoms with Gasteiger partial charge < -0.3 is 11.1 Å². The summed E-state index contributed by atoms with van der Waals surface area (Å²) in [6.45, 7) is 1.80. The maximum absolute atomic E-state index is 13.0. The highest BCUT2D eigenvalue weighted by Crippen LogP contribution is 2.31. The van der Waals surface area contributed by atoms with Gasteiger partial charge in [0.1, 0.15) is 5.82 Å². The van der Waals surface area contributed by atoms with Crippen molar-refractivity contribution in [3.05, 3.63) is 35.1 Å². The number of benzene rings is 1. The van der Waals surface area contributed by atoms with Crippen LogP contribution >= 0.6 is 0 Å². The lowest BCUT2D eigenvalue weighted by atomic mass is 10.1. The molecule has 0 saturated carbocycles. The van der Waals surface area contributed by atoms with E-state index in [1.165, 1.54) is 6.07 Å². The summed E-state index contributed by atoms with van der Waals surface area (Å²) in [5, 5.41) is 2.94. The van der Waals surface area contributed by atoms with Crippen LogP contribution in [0.15, 0.2) is 18.2 Å². The summed E-state index contributed by atoms with van der Waals surface area (Å²) in [6.07, 6.45) is 1.98. The van der Waals surface area contributed by atoms with Gasteiger partial charge >= 0.3 is 0 Å². The minimum Gasteiger partial charge on any atom is -0.349 e. The number of carbonyl (C=O) groups excluding carboxylic acids is 1. The first-order chi connectivity index (χ1) is 8.06. The summed E-state index contributed by atoms with van der Waals surface area (Å²) in [7, 11) is 0. The molecule has 0 radical (unpaired) electrons. The van der Waals surface area contributed by atoms with Crippen molar-refractivity contribution in [3.8, 4) is 0 Å². The molecular weight excluding hydrogens is 219 g/mol. The lowest BCUT2D eigenvalue weighted by molar-refractivity contribution is -0.122. The summed E-state index contributed by atoms with van der Waals surface area (Å²) in [5.41, 5.74) is 7.60. The maximum Gasteiger partial charge on any atom is 0.222 e. The lowest BCUT2D eigenvalue weighted by Crippen LogP contribution is -2.32. The average Bonchev–Trinajstić information content (AvgIpc) is 2.59. The van der Waals surface area contributed by atoms with Gasteiger partial charge in [-0.1, -0.05) is 6.07 Å². The minimum atomic E-state index is -0.216. The van der Waals surface area contributed by atoms with Crippen LogP contribution in [0.25, 0.3) is 0 Å². The van der Waals surface area contributed by atoms with Gasteiger partial charge in [-0.2, -0.15) is 0 Å². The van der Waals surface area contributed by atoms with Crippen LogP contribution in [0.4, 0.5) is 4.39 Å². The number of nitrogens with two attached hydrogens (primary N) is 1. The van der Waals surface area contributed by atoms with Crippen molar-refractivity contribution in [1.29, 1.82) is 0 Å². The van der Waals surface area contributed by atoms with E-state index in [1.807, 2.05) is 0 Å². The number of rotatable bonds is 3. The number of amides is 1. The molecule has 0 aliphatic heterocycles. The molecule has 1 aromatic carbocycles. The molecule has 0 saturated heterocycles. The molecular formula is C13H17FN2O. The van der Waals surface area contributed by atoms with E-state index in [1.54, 1.807) is 19.1 Å². The largest absolute Gasteiger partial charge is 0.349 e. The molecule has 1 amide bonds. The van der Waals surface area contributed by atoms with Crippen LogP contribution in [0.3, 0.4) is 0 Å². The van der Waals surface area contributed by atoms with Gasteiger partial charge in [0.2, 0.25) is 5.91 Å². The molecule has 17 heavy (non-hydrogen) atoms. The summed E-state index contributed by atoms with van der Waals surface area (Å²) >= 11 is 0. The Morgan fingerprint density at radius 3 is 3.12 bits per heavy atom. The van der Waals surface area contributed by atoms with Crippen LogP contribution in [0, 0.1) is 5.82 Å². The first-order valence-corrected chi connectivity index (χ1v) is 5.89. The van der Waals surface area contributed by atoms with Gasteiger partial charge in [-0.25, -0.2) is 4.39 Å². The van der Waals surface area contributed by atoms with Crippen LogP contribution in [0.1, 0.15) is 36.9 Å². The Balaban J connectivity index is 2.05. The van der Waals surface area contributed by atoms with Crippen molar-refractivity contribution in [2.45, 2.75) is 38.3 Å². The first-order valence-electron chi connectivity index (χ1n) is 5.89. The van der Waals surface area contributed by atoms with E-state index >= 15 is 0 Å². The topological polar surface area (TPSA) is 55.1 Å². The van der Waals surface area contributed by atoms with E-state index in [0.717, 1.165) is 24.0 Å². The van der Waals surface area contributed by atoms with Gasteiger partial charge in [0.15, 0.2) is 0 Å². The minimum absolute atomic E-state index is 0.0110. The molecule has 1 aliphatic rings. The third-order valence-corrected chi connectivity index (χ3v) is 3.03. The molecule has 0 aromatic heterocycles. The third-order valence-electron chi connectivity index (χ3n) is 3.03. The maximum atomic E-state index is 13.0. The highest BCUT2D eigenvalue weighted by molar-refractivity contribution is 5.77. The molecule has 2 atom stereocenters. The van der Waals surface area contributed by atoms with Crippen LogP contribution < -0.4 is 11.1 Å². The summed E-state index contributed by atoms with van der Waals surface area (Å²) in [4.78, 5) is 11.6. The Labute approximate surface area is 100 Å². The zero-order valence-electron chi connectivity index (χ0n) is 9.87. The number of halogens is 1. The van der Waals surface area contributed by atoms with Gasteiger partial charge in [0.05, 0.1) is 6.04 Å². The van der Waals surface area contributed by atoms with E-state index in [2.05, 4.69) is 5.32 Å². The van der Waals surface area contributed by atoms with E-state index in [0.29, 0.717) is 6.42 Å². The molecule has 0 fully saturated rings. The van der Waals surface area contributed by atoms with Gasteiger partial charge in [-0.3, -0.25) is 4.79 Å². The highest BCUT2D eigenvalue weighted by atomic mass is 19.1. The molecule has 0 heterocycles. The molecule has 2 unspecified atom stereocenters. The second-order valence-corrected chi connectivity index (χ2v) is 4.68. The fraction of sp³-hybridized carbons (Fsp3) is 0.462. The monoisotopic (exact) mass is 236 g/mol. The average molecular weight is 236 g/mol. The number of aryl methyl sites for hydroxylation is 1. The standard InChI is InChI=1S/C13H17FN2O/c1-8(15)6-13(17)16-12-5-2-9-7-10(14)3-4-11(9)12/h3-4,7-8,12H,2,5-6,15H2,1H3,(H,16,17). The van der Waals surface area contributed by atoms with Crippen LogP contribution in [-0.2, 0) is 11.2 Å². The molecule has 3 N–H and O–H groups in total. The Hall–Kier alpha value is -1.42. The Morgan fingerprint density at radius 1 is 1.65 bits per heavy atom. The molecule has 92 valence electrons. The van der Waals surface area contributed by atoms with Crippen LogP contribution in [0.5, 0.6) is 0 Å².